The maximum Gasteiger partial charge on any atom is 0.336 e. The number of hydrogen-bond acceptors (Lipinski definition) is 4. The molecule has 0 aliphatic carbocycles. The van der Waals surface area contributed by atoms with Crippen LogP contribution in [0.3, 0.4) is 0 Å². The molecule has 0 aliphatic heterocycles. The highest BCUT2D eigenvalue weighted by Gasteiger charge is 2.07. The molecule has 0 aliphatic rings. The van der Waals surface area contributed by atoms with Gasteiger partial charge in [0.25, 0.3) is 0 Å². The Balaban J connectivity index is 2.99. The Morgan fingerprint density at radius 1 is 1.73 bits per heavy atom. The van der Waals surface area contributed by atoms with Crippen LogP contribution in [0.15, 0.2) is 24.8 Å². The highest BCUT2D eigenvalue weighted by Crippen LogP contribution is 2.15. The van der Waals surface area contributed by atoms with Crippen LogP contribution < -0.4 is 10.1 Å². The first-order chi connectivity index (χ1) is 7.17. The zero-order chi connectivity index (χ0) is 11.3. The van der Waals surface area contributed by atoms with Crippen LogP contribution in [0.4, 0.5) is 5.82 Å². The van der Waals surface area contributed by atoms with E-state index >= 15 is 0 Å². The topological polar surface area (TPSA) is 71.5 Å². The Kier molecular flexibility index (Phi) is 3.68. The number of carboxylic acid groups (broad SMARTS) is 1. The molecule has 0 aromatic carbocycles. The maximum absolute atomic E-state index is 10.8. The van der Waals surface area contributed by atoms with Gasteiger partial charge < -0.3 is 15.2 Å². The smallest absolute Gasteiger partial charge is 0.336 e. The van der Waals surface area contributed by atoms with E-state index in [1.807, 2.05) is 0 Å². The summed E-state index contributed by atoms with van der Waals surface area (Å²) >= 11 is 0. The average Bonchev–Trinajstić information content (AvgIpc) is 2.25. The molecule has 15 heavy (non-hydrogen) atoms. The van der Waals surface area contributed by atoms with Crippen LogP contribution in [-0.2, 0) is 0 Å². The molecule has 80 valence electrons. The molecular weight excluding hydrogens is 196 g/mol. The van der Waals surface area contributed by atoms with Crippen LogP contribution in [0.2, 0.25) is 0 Å². The van der Waals surface area contributed by atoms with Gasteiger partial charge in [0.1, 0.15) is 5.82 Å². The number of pyridine rings is 1. The summed E-state index contributed by atoms with van der Waals surface area (Å²) in [5.74, 6) is -0.300. The standard InChI is InChI=1S/C10H12N2O3/c1-3-4-11-8-5-7(10(13)14)6-9(12-8)15-2/h3,5-6H,1,4H2,2H3,(H,11,12)(H,13,14). The zero-order valence-electron chi connectivity index (χ0n) is 8.36. The second-order valence-electron chi connectivity index (χ2n) is 2.76. The molecule has 0 saturated heterocycles. The summed E-state index contributed by atoms with van der Waals surface area (Å²) in [6, 6.07) is 2.80. The van der Waals surface area contributed by atoms with Gasteiger partial charge in [-0.3, -0.25) is 0 Å². The monoisotopic (exact) mass is 208 g/mol. The van der Waals surface area contributed by atoms with E-state index in [1.54, 1.807) is 6.08 Å². The minimum atomic E-state index is -1.02. The van der Waals surface area contributed by atoms with E-state index in [1.165, 1.54) is 19.2 Å². The lowest BCUT2D eigenvalue weighted by molar-refractivity contribution is 0.0696. The molecule has 0 fully saturated rings. The number of methoxy groups -OCH3 is 1. The van der Waals surface area contributed by atoms with Gasteiger partial charge >= 0.3 is 5.97 Å². The second-order valence-corrected chi connectivity index (χ2v) is 2.76. The third-order valence-corrected chi connectivity index (χ3v) is 1.69. The highest BCUT2D eigenvalue weighted by atomic mass is 16.5. The molecule has 0 bridgehead atoms. The lowest BCUT2D eigenvalue weighted by Crippen LogP contribution is -2.05. The van der Waals surface area contributed by atoms with Gasteiger partial charge in [0.2, 0.25) is 5.88 Å². The fraction of sp³-hybridized carbons (Fsp3) is 0.200. The van der Waals surface area contributed by atoms with Gasteiger partial charge in [0, 0.05) is 12.6 Å². The van der Waals surface area contributed by atoms with Crippen molar-refractivity contribution < 1.29 is 14.6 Å². The van der Waals surface area contributed by atoms with E-state index in [2.05, 4.69) is 16.9 Å². The van der Waals surface area contributed by atoms with Gasteiger partial charge in [-0.15, -0.1) is 6.58 Å². The molecule has 0 unspecified atom stereocenters. The van der Waals surface area contributed by atoms with Gasteiger partial charge in [0.05, 0.1) is 12.7 Å². The van der Waals surface area contributed by atoms with Crippen molar-refractivity contribution in [2.45, 2.75) is 0 Å². The van der Waals surface area contributed by atoms with Crippen molar-refractivity contribution in [3.8, 4) is 5.88 Å². The van der Waals surface area contributed by atoms with E-state index in [9.17, 15) is 4.79 Å². The Labute approximate surface area is 87.4 Å². The zero-order valence-corrected chi connectivity index (χ0v) is 8.36. The van der Waals surface area contributed by atoms with E-state index in [0.717, 1.165) is 0 Å². The predicted molar refractivity (Wildman–Crippen MR) is 56.4 cm³/mol. The van der Waals surface area contributed by atoms with Gasteiger partial charge in [-0.05, 0) is 6.07 Å². The average molecular weight is 208 g/mol. The molecule has 5 nitrogen and oxygen atoms in total. The van der Waals surface area contributed by atoms with Crippen LogP contribution >= 0.6 is 0 Å². The number of hydrogen-bond donors (Lipinski definition) is 2. The number of aromatic nitrogens is 1. The van der Waals surface area contributed by atoms with Crippen molar-refractivity contribution in [1.82, 2.24) is 4.98 Å². The summed E-state index contributed by atoms with van der Waals surface area (Å²) < 4.78 is 4.89. The molecule has 0 amide bonds. The van der Waals surface area contributed by atoms with E-state index < -0.39 is 5.97 Å². The van der Waals surface area contributed by atoms with Crippen molar-refractivity contribution in [2.24, 2.45) is 0 Å². The lowest BCUT2D eigenvalue weighted by atomic mass is 10.2. The molecule has 0 atom stereocenters. The SMILES string of the molecule is C=CCNc1cc(C(=O)O)cc(OC)n1. The lowest BCUT2D eigenvalue weighted by Gasteiger charge is -2.06. The summed E-state index contributed by atoms with van der Waals surface area (Å²) in [6.07, 6.45) is 1.65. The van der Waals surface area contributed by atoms with Crippen LogP contribution in [0.1, 0.15) is 10.4 Å². The summed E-state index contributed by atoms with van der Waals surface area (Å²) in [7, 11) is 1.44. The summed E-state index contributed by atoms with van der Waals surface area (Å²) in [5.41, 5.74) is 0.133. The number of anilines is 1. The highest BCUT2D eigenvalue weighted by molar-refractivity contribution is 5.88. The number of aromatic carboxylic acids is 1. The molecule has 5 heteroatoms. The number of carboxylic acids is 1. The Bertz CT molecular complexity index is 377. The Morgan fingerprint density at radius 2 is 2.47 bits per heavy atom. The number of rotatable bonds is 5. The van der Waals surface area contributed by atoms with Crippen molar-refractivity contribution in [3.63, 3.8) is 0 Å². The van der Waals surface area contributed by atoms with Gasteiger partial charge in [0.15, 0.2) is 0 Å². The first-order valence-electron chi connectivity index (χ1n) is 4.31. The summed E-state index contributed by atoms with van der Waals surface area (Å²) in [4.78, 5) is 14.8. The molecule has 1 aromatic heterocycles. The van der Waals surface area contributed by atoms with E-state index in [-0.39, 0.29) is 11.4 Å². The van der Waals surface area contributed by atoms with Gasteiger partial charge in [-0.25, -0.2) is 4.79 Å². The fourth-order valence-corrected chi connectivity index (χ4v) is 1.00. The first-order valence-corrected chi connectivity index (χ1v) is 4.31. The minimum absolute atomic E-state index is 0.133. The number of nitrogens with zero attached hydrogens (tertiary/aromatic N) is 1. The first kappa shape index (κ1) is 11.0. The van der Waals surface area contributed by atoms with Crippen molar-refractivity contribution in [3.05, 3.63) is 30.4 Å². The molecule has 1 aromatic rings. The predicted octanol–water partition coefficient (Wildman–Crippen LogP) is 1.39. The normalized spacial score (nSPS) is 9.40. The number of ether oxygens (including phenoxy) is 1. The molecule has 0 saturated carbocycles. The number of carbonyl (C=O) groups is 1. The quantitative estimate of drug-likeness (QED) is 0.715. The van der Waals surface area contributed by atoms with Crippen LogP contribution in [0.5, 0.6) is 5.88 Å². The second kappa shape index (κ2) is 4.99. The van der Waals surface area contributed by atoms with E-state index in [4.69, 9.17) is 9.84 Å². The minimum Gasteiger partial charge on any atom is -0.481 e. The maximum atomic E-state index is 10.8. The Hall–Kier alpha value is -2.04. The molecular formula is C10H12N2O3. The van der Waals surface area contributed by atoms with Gasteiger partial charge in [-0.1, -0.05) is 6.08 Å². The van der Waals surface area contributed by atoms with Crippen molar-refractivity contribution in [2.75, 3.05) is 19.0 Å². The van der Waals surface area contributed by atoms with Crippen LogP contribution in [-0.4, -0.2) is 29.7 Å². The van der Waals surface area contributed by atoms with E-state index in [0.29, 0.717) is 12.4 Å². The fourth-order valence-electron chi connectivity index (χ4n) is 1.00. The third kappa shape index (κ3) is 2.98. The Morgan fingerprint density at radius 3 is 3.00 bits per heavy atom. The molecule has 0 radical (unpaired) electrons. The van der Waals surface area contributed by atoms with Gasteiger partial charge in [-0.2, -0.15) is 4.98 Å². The molecule has 1 rings (SSSR count). The number of nitrogens with one attached hydrogen (secondary N) is 1. The molecule has 0 spiro atoms. The van der Waals surface area contributed by atoms with Crippen LogP contribution in [0, 0.1) is 0 Å². The summed E-state index contributed by atoms with van der Waals surface area (Å²) in [6.45, 7) is 4.05. The third-order valence-electron chi connectivity index (χ3n) is 1.69. The largest absolute Gasteiger partial charge is 0.481 e. The molecule has 2 N–H and O–H groups in total. The van der Waals surface area contributed by atoms with Crippen LogP contribution in [0.25, 0.3) is 0 Å². The van der Waals surface area contributed by atoms with Crippen molar-refractivity contribution >= 4 is 11.8 Å². The summed E-state index contributed by atoms with van der Waals surface area (Å²) in [5, 5.41) is 11.7. The van der Waals surface area contributed by atoms with Crippen molar-refractivity contribution in [1.29, 1.82) is 0 Å². The molecule has 1 heterocycles.